The van der Waals surface area contributed by atoms with Crippen LogP contribution in [0.5, 0.6) is 11.5 Å². The fourth-order valence-corrected chi connectivity index (χ4v) is 2.23. The maximum atomic E-state index is 11.9. The SMILES string of the molecule is COc1cccc(O[C@H](C)CNC(=O)[C@@H]2C[C@@H](O)CN2)c1. The molecule has 1 amide bonds. The van der Waals surface area contributed by atoms with Crippen LogP contribution in [0.4, 0.5) is 0 Å². The second kappa shape index (κ2) is 7.28. The van der Waals surface area contributed by atoms with E-state index in [-0.39, 0.29) is 18.1 Å². The first-order valence-corrected chi connectivity index (χ1v) is 7.08. The standard InChI is InChI=1S/C15H22N2O4/c1-10(21-13-5-3-4-12(7-13)20-2)8-17-15(19)14-6-11(18)9-16-14/h3-5,7,10-11,14,16,18H,6,8-9H2,1-2H3,(H,17,19)/t10-,11-,14+/m1/s1. The molecular weight excluding hydrogens is 272 g/mol. The first-order valence-electron chi connectivity index (χ1n) is 7.08. The number of aliphatic hydroxyl groups is 1. The van der Waals surface area contributed by atoms with E-state index in [0.717, 1.165) is 5.75 Å². The van der Waals surface area contributed by atoms with Crippen LogP contribution in [0.2, 0.25) is 0 Å². The van der Waals surface area contributed by atoms with E-state index >= 15 is 0 Å². The Balaban J connectivity index is 1.76. The lowest BCUT2D eigenvalue weighted by Crippen LogP contribution is -2.43. The van der Waals surface area contributed by atoms with E-state index in [4.69, 9.17) is 9.47 Å². The van der Waals surface area contributed by atoms with E-state index in [2.05, 4.69) is 10.6 Å². The summed E-state index contributed by atoms with van der Waals surface area (Å²) in [4.78, 5) is 11.9. The van der Waals surface area contributed by atoms with Crippen molar-refractivity contribution in [2.24, 2.45) is 0 Å². The Morgan fingerprint density at radius 2 is 2.29 bits per heavy atom. The highest BCUT2D eigenvalue weighted by Gasteiger charge is 2.27. The van der Waals surface area contributed by atoms with Crippen LogP contribution in [-0.4, -0.2) is 49.5 Å². The Hall–Kier alpha value is -1.79. The summed E-state index contributed by atoms with van der Waals surface area (Å²) >= 11 is 0. The number of aliphatic hydroxyl groups excluding tert-OH is 1. The summed E-state index contributed by atoms with van der Waals surface area (Å²) < 4.78 is 10.9. The van der Waals surface area contributed by atoms with Crippen molar-refractivity contribution in [3.63, 3.8) is 0 Å². The summed E-state index contributed by atoms with van der Waals surface area (Å²) in [6.07, 6.45) is -0.143. The third-order valence-electron chi connectivity index (χ3n) is 3.37. The van der Waals surface area contributed by atoms with Crippen molar-refractivity contribution in [3.05, 3.63) is 24.3 Å². The molecule has 0 radical (unpaired) electrons. The van der Waals surface area contributed by atoms with E-state index in [0.29, 0.717) is 25.3 Å². The Morgan fingerprint density at radius 1 is 1.52 bits per heavy atom. The molecule has 2 rings (SSSR count). The van der Waals surface area contributed by atoms with E-state index in [1.54, 1.807) is 13.2 Å². The number of methoxy groups -OCH3 is 1. The zero-order chi connectivity index (χ0) is 15.2. The molecule has 6 heteroatoms. The summed E-state index contributed by atoms with van der Waals surface area (Å²) in [5.74, 6) is 1.33. The van der Waals surface area contributed by atoms with Gasteiger partial charge in [-0.1, -0.05) is 6.07 Å². The van der Waals surface area contributed by atoms with Gasteiger partial charge in [0.05, 0.1) is 25.8 Å². The van der Waals surface area contributed by atoms with Crippen molar-refractivity contribution in [3.8, 4) is 11.5 Å². The second-order valence-corrected chi connectivity index (χ2v) is 5.20. The van der Waals surface area contributed by atoms with Gasteiger partial charge in [0.15, 0.2) is 0 Å². The van der Waals surface area contributed by atoms with Gasteiger partial charge in [0.25, 0.3) is 0 Å². The number of rotatable bonds is 6. The minimum absolute atomic E-state index is 0.104. The lowest BCUT2D eigenvalue weighted by molar-refractivity contribution is -0.123. The maximum absolute atomic E-state index is 11.9. The van der Waals surface area contributed by atoms with Crippen LogP contribution in [-0.2, 0) is 4.79 Å². The van der Waals surface area contributed by atoms with E-state index in [1.807, 2.05) is 25.1 Å². The largest absolute Gasteiger partial charge is 0.497 e. The normalized spacial score (nSPS) is 22.6. The third kappa shape index (κ3) is 4.61. The fraction of sp³-hybridized carbons (Fsp3) is 0.533. The number of benzene rings is 1. The topological polar surface area (TPSA) is 79.8 Å². The maximum Gasteiger partial charge on any atom is 0.237 e. The summed E-state index contributed by atoms with van der Waals surface area (Å²) in [5, 5.41) is 15.2. The lowest BCUT2D eigenvalue weighted by Gasteiger charge is -2.17. The smallest absolute Gasteiger partial charge is 0.237 e. The highest BCUT2D eigenvalue weighted by molar-refractivity contribution is 5.82. The van der Waals surface area contributed by atoms with Crippen molar-refractivity contribution in [2.45, 2.75) is 31.6 Å². The molecular formula is C15H22N2O4. The number of nitrogens with one attached hydrogen (secondary N) is 2. The summed E-state index contributed by atoms with van der Waals surface area (Å²) in [7, 11) is 1.60. The van der Waals surface area contributed by atoms with Crippen molar-refractivity contribution < 1.29 is 19.4 Å². The number of ether oxygens (including phenoxy) is 2. The van der Waals surface area contributed by atoms with Gasteiger partial charge in [-0.05, 0) is 25.5 Å². The molecule has 21 heavy (non-hydrogen) atoms. The van der Waals surface area contributed by atoms with Gasteiger partial charge in [-0.25, -0.2) is 0 Å². The van der Waals surface area contributed by atoms with E-state index in [1.165, 1.54) is 0 Å². The molecule has 1 saturated heterocycles. The van der Waals surface area contributed by atoms with Gasteiger partial charge in [-0.15, -0.1) is 0 Å². The highest BCUT2D eigenvalue weighted by atomic mass is 16.5. The molecule has 3 atom stereocenters. The zero-order valence-electron chi connectivity index (χ0n) is 12.3. The van der Waals surface area contributed by atoms with Gasteiger partial charge >= 0.3 is 0 Å². The first-order chi connectivity index (χ1) is 10.1. The molecule has 1 aromatic carbocycles. The average Bonchev–Trinajstić information content (AvgIpc) is 2.91. The zero-order valence-corrected chi connectivity index (χ0v) is 12.3. The van der Waals surface area contributed by atoms with Crippen LogP contribution in [0.25, 0.3) is 0 Å². The average molecular weight is 294 g/mol. The van der Waals surface area contributed by atoms with Gasteiger partial charge in [0.1, 0.15) is 17.6 Å². The van der Waals surface area contributed by atoms with Crippen molar-refractivity contribution >= 4 is 5.91 Å². The number of hydrogen-bond acceptors (Lipinski definition) is 5. The van der Waals surface area contributed by atoms with E-state index < -0.39 is 6.10 Å². The van der Waals surface area contributed by atoms with Crippen LogP contribution in [0.15, 0.2) is 24.3 Å². The molecule has 3 N–H and O–H groups in total. The van der Waals surface area contributed by atoms with Crippen molar-refractivity contribution in [1.82, 2.24) is 10.6 Å². The number of amides is 1. The third-order valence-corrected chi connectivity index (χ3v) is 3.37. The molecule has 1 fully saturated rings. The predicted molar refractivity (Wildman–Crippen MR) is 78.5 cm³/mol. The Labute approximate surface area is 124 Å². The Morgan fingerprint density at radius 3 is 2.95 bits per heavy atom. The molecule has 1 aliphatic heterocycles. The predicted octanol–water partition coefficient (Wildman–Crippen LogP) is 0.301. The van der Waals surface area contributed by atoms with Gasteiger partial charge < -0.3 is 25.2 Å². The molecule has 6 nitrogen and oxygen atoms in total. The van der Waals surface area contributed by atoms with Crippen LogP contribution in [0.3, 0.4) is 0 Å². The van der Waals surface area contributed by atoms with Gasteiger partial charge in [0, 0.05) is 12.6 Å². The second-order valence-electron chi connectivity index (χ2n) is 5.20. The monoisotopic (exact) mass is 294 g/mol. The van der Waals surface area contributed by atoms with Crippen LogP contribution < -0.4 is 20.1 Å². The number of carbonyl (C=O) groups is 1. The molecule has 1 aromatic rings. The highest BCUT2D eigenvalue weighted by Crippen LogP contribution is 2.19. The number of carbonyl (C=O) groups excluding carboxylic acids is 1. The van der Waals surface area contributed by atoms with Gasteiger partial charge in [0.2, 0.25) is 5.91 Å². The number of β-amino-alcohol motifs (C(OH)–C–C–N with tert-alkyl or cyclic N) is 1. The Kier molecular flexibility index (Phi) is 5.41. The van der Waals surface area contributed by atoms with Gasteiger partial charge in [-0.2, -0.15) is 0 Å². The minimum atomic E-state index is -0.439. The number of hydrogen-bond donors (Lipinski definition) is 3. The molecule has 0 aromatic heterocycles. The fourth-order valence-electron chi connectivity index (χ4n) is 2.23. The quantitative estimate of drug-likeness (QED) is 0.703. The van der Waals surface area contributed by atoms with Crippen LogP contribution in [0, 0.1) is 0 Å². The molecule has 0 bridgehead atoms. The molecule has 1 aliphatic rings. The summed E-state index contributed by atoms with van der Waals surface area (Å²) in [6, 6.07) is 7.02. The Bertz CT molecular complexity index is 480. The lowest BCUT2D eigenvalue weighted by atomic mass is 10.2. The summed E-state index contributed by atoms with van der Waals surface area (Å²) in [6.45, 7) is 2.76. The van der Waals surface area contributed by atoms with Gasteiger partial charge in [-0.3, -0.25) is 4.79 Å². The molecule has 0 aliphatic carbocycles. The van der Waals surface area contributed by atoms with E-state index in [9.17, 15) is 9.90 Å². The molecule has 1 heterocycles. The molecule has 0 spiro atoms. The minimum Gasteiger partial charge on any atom is -0.497 e. The molecule has 0 saturated carbocycles. The van der Waals surface area contributed by atoms with Crippen LogP contribution in [0.1, 0.15) is 13.3 Å². The summed E-state index contributed by atoms with van der Waals surface area (Å²) in [5.41, 5.74) is 0. The van der Waals surface area contributed by atoms with Crippen molar-refractivity contribution in [1.29, 1.82) is 0 Å². The first kappa shape index (κ1) is 15.6. The van der Waals surface area contributed by atoms with Crippen LogP contribution >= 0.6 is 0 Å². The molecule has 116 valence electrons. The van der Waals surface area contributed by atoms with Crippen molar-refractivity contribution in [2.75, 3.05) is 20.2 Å². The molecule has 0 unspecified atom stereocenters.